The molecule has 0 amide bonds. The third-order valence-electron chi connectivity index (χ3n) is 5.38. The van der Waals surface area contributed by atoms with Crippen LogP contribution in [0.4, 0.5) is 0 Å². The first kappa shape index (κ1) is 18.1. The molecular weight excluding hydrogens is 372 g/mol. The number of nitrogens with zero attached hydrogens (tertiary/aromatic N) is 2. The molecule has 0 fully saturated rings. The lowest BCUT2D eigenvalue weighted by atomic mass is 10.0. The van der Waals surface area contributed by atoms with Crippen LogP contribution in [-0.4, -0.2) is 22.6 Å². The highest BCUT2D eigenvalue weighted by Gasteiger charge is 2.21. The molecule has 1 aromatic heterocycles. The average molecular weight is 392 g/mol. The van der Waals surface area contributed by atoms with Crippen molar-refractivity contribution >= 4 is 27.7 Å². The van der Waals surface area contributed by atoms with Gasteiger partial charge in [0.2, 0.25) is 0 Å². The molecule has 1 heterocycles. The number of carbonyl (C=O) groups is 1. The Kier molecular flexibility index (Phi) is 4.32. The van der Waals surface area contributed by atoms with Gasteiger partial charge in [-0.3, -0.25) is 9.36 Å². The fourth-order valence-corrected chi connectivity index (χ4v) is 3.86. The summed E-state index contributed by atoms with van der Waals surface area (Å²) in [6.07, 6.45) is 0. The van der Waals surface area contributed by atoms with Crippen molar-refractivity contribution in [3.05, 3.63) is 96.1 Å². The van der Waals surface area contributed by atoms with Crippen molar-refractivity contribution in [3.63, 3.8) is 0 Å². The minimum absolute atomic E-state index is 0.119. The molecule has 5 aromatic rings. The molecule has 0 unspecified atom stereocenters. The zero-order valence-corrected chi connectivity index (χ0v) is 16.8. The Balaban J connectivity index is 1.79. The molecule has 0 aliphatic heterocycles. The molecule has 4 aromatic carbocycles. The summed E-state index contributed by atoms with van der Waals surface area (Å²) < 4.78 is 6.95. The SMILES string of the molecule is COc1ccc(C(=O)n2c(-c3cccc4ccccc34)nc3cc(C)ccc32)cc1. The van der Waals surface area contributed by atoms with E-state index in [1.807, 2.05) is 49.4 Å². The van der Waals surface area contributed by atoms with Gasteiger partial charge >= 0.3 is 0 Å². The minimum Gasteiger partial charge on any atom is -0.497 e. The number of hydrogen-bond donors (Lipinski definition) is 0. The van der Waals surface area contributed by atoms with Gasteiger partial charge in [0.05, 0.1) is 18.1 Å². The smallest absolute Gasteiger partial charge is 0.264 e. The predicted molar refractivity (Wildman–Crippen MR) is 120 cm³/mol. The summed E-state index contributed by atoms with van der Waals surface area (Å²) in [7, 11) is 1.61. The van der Waals surface area contributed by atoms with Gasteiger partial charge in [0.15, 0.2) is 0 Å². The monoisotopic (exact) mass is 392 g/mol. The van der Waals surface area contributed by atoms with E-state index in [9.17, 15) is 4.79 Å². The third kappa shape index (κ3) is 2.94. The standard InChI is InChI=1S/C26H20N2O2/c1-17-10-15-24-23(16-17)27-25(22-9-5-7-18-6-3-4-8-21(18)22)28(24)26(29)19-11-13-20(30-2)14-12-19/h3-16H,1-2H3. The second kappa shape index (κ2) is 7.16. The van der Waals surface area contributed by atoms with E-state index in [-0.39, 0.29) is 5.91 Å². The van der Waals surface area contributed by atoms with Gasteiger partial charge in [0, 0.05) is 11.1 Å². The molecule has 0 spiro atoms. The maximum atomic E-state index is 13.6. The summed E-state index contributed by atoms with van der Waals surface area (Å²) in [5, 5.41) is 2.18. The van der Waals surface area contributed by atoms with Crippen LogP contribution in [0.3, 0.4) is 0 Å². The Bertz CT molecular complexity index is 1390. The van der Waals surface area contributed by atoms with Crippen molar-refractivity contribution < 1.29 is 9.53 Å². The quantitative estimate of drug-likeness (QED) is 0.386. The molecule has 0 bridgehead atoms. The Hall–Kier alpha value is -3.92. The van der Waals surface area contributed by atoms with Crippen molar-refractivity contribution in [2.24, 2.45) is 0 Å². The van der Waals surface area contributed by atoms with Gasteiger partial charge in [-0.2, -0.15) is 0 Å². The largest absolute Gasteiger partial charge is 0.497 e. The van der Waals surface area contributed by atoms with E-state index in [2.05, 4.69) is 18.2 Å². The van der Waals surface area contributed by atoms with Crippen LogP contribution < -0.4 is 4.74 Å². The molecule has 0 saturated heterocycles. The number of aryl methyl sites for hydroxylation is 1. The first-order valence-electron chi connectivity index (χ1n) is 9.82. The summed E-state index contributed by atoms with van der Waals surface area (Å²) in [6, 6.07) is 27.4. The van der Waals surface area contributed by atoms with Crippen LogP contribution in [0.2, 0.25) is 0 Å². The van der Waals surface area contributed by atoms with Crippen LogP contribution in [0, 0.1) is 6.92 Å². The number of benzene rings is 4. The number of rotatable bonds is 3. The molecule has 0 aliphatic rings. The van der Waals surface area contributed by atoms with Gasteiger partial charge in [-0.15, -0.1) is 0 Å². The van der Waals surface area contributed by atoms with Gasteiger partial charge < -0.3 is 4.74 Å². The van der Waals surface area contributed by atoms with Gasteiger partial charge in [-0.25, -0.2) is 4.98 Å². The number of fused-ring (bicyclic) bond motifs is 2. The van der Waals surface area contributed by atoms with Crippen molar-refractivity contribution in [2.45, 2.75) is 6.92 Å². The first-order valence-corrected chi connectivity index (χ1v) is 9.82. The lowest BCUT2D eigenvalue weighted by Crippen LogP contribution is -2.13. The molecule has 146 valence electrons. The molecule has 0 radical (unpaired) electrons. The number of ether oxygens (including phenoxy) is 1. The molecule has 0 saturated carbocycles. The fourth-order valence-electron chi connectivity index (χ4n) is 3.86. The van der Waals surface area contributed by atoms with Gasteiger partial charge in [-0.1, -0.05) is 48.5 Å². The van der Waals surface area contributed by atoms with E-state index in [4.69, 9.17) is 9.72 Å². The molecular formula is C26H20N2O2. The number of aromatic nitrogens is 2. The fraction of sp³-hybridized carbons (Fsp3) is 0.0769. The maximum Gasteiger partial charge on any atom is 0.264 e. The average Bonchev–Trinajstić information content (AvgIpc) is 3.16. The molecule has 4 heteroatoms. The van der Waals surface area contributed by atoms with E-state index in [0.29, 0.717) is 17.1 Å². The number of carbonyl (C=O) groups excluding carboxylic acids is 1. The zero-order chi connectivity index (χ0) is 20.7. The lowest BCUT2D eigenvalue weighted by molar-refractivity contribution is 0.0966. The molecule has 0 aliphatic carbocycles. The summed E-state index contributed by atoms with van der Waals surface area (Å²) in [6.45, 7) is 2.03. The maximum absolute atomic E-state index is 13.6. The van der Waals surface area contributed by atoms with Gasteiger partial charge in [0.25, 0.3) is 5.91 Å². The molecule has 0 atom stereocenters. The third-order valence-corrected chi connectivity index (χ3v) is 5.38. The van der Waals surface area contributed by atoms with Crippen molar-refractivity contribution in [1.82, 2.24) is 9.55 Å². The first-order chi connectivity index (χ1) is 14.7. The molecule has 30 heavy (non-hydrogen) atoms. The topological polar surface area (TPSA) is 44.1 Å². The van der Waals surface area contributed by atoms with Crippen LogP contribution in [0.1, 0.15) is 15.9 Å². The van der Waals surface area contributed by atoms with Crippen LogP contribution in [-0.2, 0) is 0 Å². The Morgan fingerprint density at radius 1 is 0.900 bits per heavy atom. The zero-order valence-electron chi connectivity index (χ0n) is 16.8. The lowest BCUT2D eigenvalue weighted by Gasteiger charge is -2.11. The summed E-state index contributed by atoms with van der Waals surface area (Å²) >= 11 is 0. The normalized spacial score (nSPS) is 11.1. The Morgan fingerprint density at radius 3 is 2.47 bits per heavy atom. The summed E-state index contributed by atoms with van der Waals surface area (Å²) in [5.74, 6) is 1.24. The number of hydrogen-bond acceptors (Lipinski definition) is 3. The molecule has 5 rings (SSSR count). The highest BCUT2D eigenvalue weighted by atomic mass is 16.5. The van der Waals surface area contributed by atoms with Crippen molar-refractivity contribution in [1.29, 1.82) is 0 Å². The van der Waals surface area contributed by atoms with E-state index in [0.717, 1.165) is 32.9 Å². The summed E-state index contributed by atoms with van der Waals surface area (Å²) in [5.41, 5.74) is 4.22. The number of methoxy groups -OCH3 is 1. The van der Waals surface area contributed by atoms with Gasteiger partial charge in [0.1, 0.15) is 11.6 Å². The number of imidazole rings is 1. The van der Waals surface area contributed by atoms with Crippen molar-refractivity contribution in [2.75, 3.05) is 7.11 Å². The van der Waals surface area contributed by atoms with E-state index >= 15 is 0 Å². The highest BCUT2D eigenvalue weighted by molar-refractivity contribution is 6.06. The second-order valence-electron chi connectivity index (χ2n) is 7.32. The molecule has 0 N–H and O–H groups in total. The predicted octanol–water partition coefficient (Wildman–Crippen LogP) is 5.86. The summed E-state index contributed by atoms with van der Waals surface area (Å²) in [4.78, 5) is 18.5. The van der Waals surface area contributed by atoms with E-state index in [1.165, 1.54) is 0 Å². The Labute approximate surface area is 174 Å². The van der Waals surface area contributed by atoms with E-state index < -0.39 is 0 Å². The second-order valence-corrected chi connectivity index (χ2v) is 7.32. The van der Waals surface area contributed by atoms with Crippen LogP contribution >= 0.6 is 0 Å². The minimum atomic E-state index is -0.119. The van der Waals surface area contributed by atoms with Crippen LogP contribution in [0.5, 0.6) is 5.75 Å². The van der Waals surface area contributed by atoms with Crippen LogP contribution in [0.15, 0.2) is 84.9 Å². The van der Waals surface area contributed by atoms with Gasteiger partial charge in [-0.05, 0) is 59.7 Å². The van der Waals surface area contributed by atoms with Crippen molar-refractivity contribution in [3.8, 4) is 17.1 Å². The highest BCUT2D eigenvalue weighted by Crippen LogP contribution is 2.32. The van der Waals surface area contributed by atoms with E-state index in [1.54, 1.807) is 35.9 Å². The van der Waals surface area contributed by atoms with Crippen LogP contribution in [0.25, 0.3) is 33.2 Å². The molecule has 4 nitrogen and oxygen atoms in total. The Morgan fingerprint density at radius 2 is 1.67 bits per heavy atom.